The monoisotopic (exact) mass is 167 g/mol. The molecule has 3 nitrogen and oxygen atoms in total. The highest BCUT2D eigenvalue weighted by molar-refractivity contribution is 5.55. The second kappa shape index (κ2) is 5.18. The van der Waals surface area contributed by atoms with E-state index in [4.69, 9.17) is 0 Å². The van der Waals surface area contributed by atoms with Crippen molar-refractivity contribution in [2.24, 2.45) is 0 Å². The Morgan fingerprint density at radius 1 is 1.33 bits per heavy atom. The molecule has 0 aromatic carbocycles. The molecule has 0 bridgehead atoms. The van der Waals surface area contributed by atoms with Gasteiger partial charge < -0.3 is 4.42 Å². The Labute approximate surface area is 71.4 Å². The molecule has 0 fully saturated rings. The molecule has 1 heterocycles. The lowest BCUT2D eigenvalue weighted by molar-refractivity contribution is 0.507. The molecule has 66 valence electrons. The zero-order valence-corrected chi connectivity index (χ0v) is 7.39. The molecule has 0 radical (unpaired) electrons. The van der Waals surface area contributed by atoms with Crippen molar-refractivity contribution in [2.75, 3.05) is 0 Å². The molecule has 0 aliphatic rings. The summed E-state index contributed by atoms with van der Waals surface area (Å²) in [4.78, 5) is 12.9. The van der Waals surface area contributed by atoms with Gasteiger partial charge in [-0.05, 0) is 12.2 Å². The number of aromatic amines is 1. The van der Waals surface area contributed by atoms with Gasteiger partial charge in [-0.25, -0.2) is 4.79 Å². The Bertz CT molecular complexity index is 278. The number of oxazole rings is 1. The lowest BCUT2D eigenvalue weighted by Gasteiger charge is -1.82. The third-order valence-electron chi connectivity index (χ3n) is 1.09. The molecule has 0 saturated carbocycles. The summed E-state index contributed by atoms with van der Waals surface area (Å²) in [5.74, 6) is -0.0511. The van der Waals surface area contributed by atoms with Gasteiger partial charge >= 0.3 is 5.76 Å². The van der Waals surface area contributed by atoms with Gasteiger partial charge in [0.25, 0.3) is 0 Å². The van der Waals surface area contributed by atoms with Crippen LogP contribution in [0.1, 0.15) is 25.3 Å². The summed E-state index contributed by atoms with van der Waals surface area (Å²) in [5.41, 5.74) is 0.569. The Balaban J connectivity index is 0.000000561. The quantitative estimate of drug-likeness (QED) is 0.734. The van der Waals surface area contributed by atoms with Crippen LogP contribution in [-0.2, 0) is 0 Å². The predicted octanol–water partition coefficient (Wildman–Crippen LogP) is 2.28. The summed E-state index contributed by atoms with van der Waals surface area (Å²) >= 11 is 0. The summed E-state index contributed by atoms with van der Waals surface area (Å²) < 4.78 is 4.65. The number of hydrogen-bond donors (Lipinski definition) is 1. The van der Waals surface area contributed by atoms with E-state index in [-0.39, 0.29) is 0 Å². The molecule has 1 aromatic rings. The van der Waals surface area contributed by atoms with E-state index in [1.54, 1.807) is 0 Å². The fraction of sp³-hybridized carbons (Fsp3) is 0.222. The molecule has 0 saturated heterocycles. The van der Waals surface area contributed by atoms with Crippen molar-refractivity contribution in [2.45, 2.75) is 13.8 Å². The van der Waals surface area contributed by atoms with Crippen LogP contribution >= 0.6 is 0 Å². The van der Waals surface area contributed by atoms with Gasteiger partial charge in [0.2, 0.25) is 0 Å². The summed E-state index contributed by atoms with van der Waals surface area (Å²) in [6.45, 7) is 10.9. The molecule has 0 aliphatic heterocycles. The maximum absolute atomic E-state index is 10.5. The van der Waals surface area contributed by atoms with Crippen molar-refractivity contribution >= 4 is 12.2 Å². The van der Waals surface area contributed by atoms with Crippen LogP contribution < -0.4 is 5.76 Å². The predicted molar refractivity (Wildman–Crippen MR) is 50.9 cm³/mol. The van der Waals surface area contributed by atoms with Gasteiger partial charge in [-0.1, -0.05) is 27.0 Å². The zero-order chi connectivity index (χ0) is 9.56. The maximum atomic E-state index is 10.5. The smallest absolute Gasteiger partial charge is 0.408 e. The lowest BCUT2D eigenvalue weighted by Crippen LogP contribution is -1.94. The van der Waals surface area contributed by atoms with Crippen LogP contribution in [0.15, 0.2) is 22.4 Å². The SMILES string of the molecule is C=Cc1[nH]c(=O)oc1C=C.CC. The van der Waals surface area contributed by atoms with E-state index in [9.17, 15) is 4.79 Å². The van der Waals surface area contributed by atoms with Crippen molar-refractivity contribution in [3.63, 3.8) is 0 Å². The molecule has 0 aliphatic carbocycles. The van der Waals surface area contributed by atoms with E-state index in [1.807, 2.05) is 13.8 Å². The van der Waals surface area contributed by atoms with Crippen LogP contribution in [0.5, 0.6) is 0 Å². The van der Waals surface area contributed by atoms with E-state index in [0.717, 1.165) is 0 Å². The normalized spacial score (nSPS) is 8.17. The first-order chi connectivity index (χ1) is 5.77. The van der Waals surface area contributed by atoms with Crippen LogP contribution in [0.2, 0.25) is 0 Å². The number of H-pyrrole nitrogens is 1. The maximum Gasteiger partial charge on any atom is 0.417 e. The van der Waals surface area contributed by atoms with E-state index in [0.29, 0.717) is 11.5 Å². The van der Waals surface area contributed by atoms with Crippen LogP contribution in [0, 0.1) is 0 Å². The van der Waals surface area contributed by atoms with Gasteiger partial charge in [0.1, 0.15) is 0 Å². The number of aromatic nitrogens is 1. The van der Waals surface area contributed by atoms with Crippen molar-refractivity contribution in [1.29, 1.82) is 0 Å². The van der Waals surface area contributed by atoms with Gasteiger partial charge in [-0.2, -0.15) is 0 Å². The van der Waals surface area contributed by atoms with E-state index < -0.39 is 5.76 Å². The third kappa shape index (κ3) is 2.27. The first-order valence-electron chi connectivity index (χ1n) is 3.76. The summed E-state index contributed by atoms with van der Waals surface area (Å²) in [6.07, 6.45) is 2.96. The Kier molecular flexibility index (Phi) is 4.53. The zero-order valence-electron chi connectivity index (χ0n) is 7.39. The molecular weight excluding hydrogens is 154 g/mol. The molecule has 0 atom stereocenters. The molecule has 1 aromatic heterocycles. The standard InChI is InChI=1S/C7H7NO2.C2H6/c1-3-5-6(4-2)10-7(9)8-5;1-2/h3-4H,1-2H2,(H,8,9);1-2H3. The fourth-order valence-corrected chi connectivity index (χ4v) is 0.655. The van der Waals surface area contributed by atoms with Crippen molar-refractivity contribution in [3.8, 4) is 0 Å². The van der Waals surface area contributed by atoms with Gasteiger partial charge in [-0.3, -0.25) is 4.98 Å². The molecule has 1 N–H and O–H groups in total. The number of rotatable bonds is 2. The average molecular weight is 167 g/mol. The highest BCUT2D eigenvalue weighted by Crippen LogP contribution is 2.04. The fourth-order valence-electron chi connectivity index (χ4n) is 0.655. The van der Waals surface area contributed by atoms with E-state index >= 15 is 0 Å². The molecule has 0 spiro atoms. The van der Waals surface area contributed by atoms with Gasteiger partial charge in [0, 0.05) is 0 Å². The second-order valence-corrected chi connectivity index (χ2v) is 1.70. The molecule has 12 heavy (non-hydrogen) atoms. The van der Waals surface area contributed by atoms with E-state index in [2.05, 4.69) is 22.6 Å². The van der Waals surface area contributed by atoms with Gasteiger partial charge in [0.05, 0.1) is 5.69 Å². The average Bonchev–Trinajstić information content (AvgIpc) is 2.49. The Morgan fingerprint density at radius 3 is 2.25 bits per heavy atom. The minimum absolute atomic E-state index is 0.431. The summed E-state index contributed by atoms with van der Waals surface area (Å²) in [5, 5.41) is 0. The van der Waals surface area contributed by atoms with E-state index in [1.165, 1.54) is 12.2 Å². The largest absolute Gasteiger partial charge is 0.417 e. The molecule has 1 rings (SSSR count). The van der Waals surface area contributed by atoms with Crippen LogP contribution in [0.3, 0.4) is 0 Å². The minimum atomic E-state index is -0.482. The summed E-state index contributed by atoms with van der Waals surface area (Å²) in [6, 6.07) is 0. The van der Waals surface area contributed by atoms with Gasteiger partial charge in [0.15, 0.2) is 5.76 Å². The molecule has 3 heteroatoms. The number of nitrogens with one attached hydrogen (secondary N) is 1. The first-order valence-corrected chi connectivity index (χ1v) is 3.76. The van der Waals surface area contributed by atoms with Crippen LogP contribution in [0.4, 0.5) is 0 Å². The van der Waals surface area contributed by atoms with Crippen LogP contribution in [0.25, 0.3) is 12.2 Å². The first kappa shape index (κ1) is 10.5. The highest BCUT2D eigenvalue weighted by atomic mass is 16.4. The third-order valence-corrected chi connectivity index (χ3v) is 1.09. The molecule has 0 amide bonds. The van der Waals surface area contributed by atoms with Crippen molar-refractivity contribution in [1.82, 2.24) is 4.98 Å². The topological polar surface area (TPSA) is 46.0 Å². The molecule has 0 unspecified atom stereocenters. The van der Waals surface area contributed by atoms with Crippen molar-refractivity contribution < 1.29 is 4.42 Å². The van der Waals surface area contributed by atoms with Crippen molar-refractivity contribution in [3.05, 3.63) is 35.2 Å². The number of hydrogen-bond acceptors (Lipinski definition) is 2. The summed E-state index contributed by atoms with van der Waals surface area (Å²) in [7, 11) is 0. The Morgan fingerprint density at radius 2 is 1.92 bits per heavy atom. The molecular formula is C9H13NO2. The lowest BCUT2D eigenvalue weighted by atomic mass is 10.3. The minimum Gasteiger partial charge on any atom is -0.408 e. The van der Waals surface area contributed by atoms with Crippen LogP contribution in [-0.4, -0.2) is 4.98 Å². The highest BCUT2D eigenvalue weighted by Gasteiger charge is 2.00. The second-order valence-electron chi connectivity index (χ2n) is 1.70. The van der Waals surface area contributed by atoms with Gasteiger partial charge in [-0.15, -0.1) is 0 Å². The Hall–Kier alpha value is -1.51.